The van der Waals surface area contributed by atoms with Gasteiger partial charge in [-0.2, -0.15) is 8.78 Å². The fourth-order valence-electron chi connectivity index (χ4n) is 6.32. The molecule has 216 valence electrons. The number of nitrogens with one attached hydrogen (secondary N) is 2. The summed E-state index contributed by atoms with van der Waals surface area (Å²) in [6.45, 7) is 1.80. The lowest BCUT2D eigenvalue weighted by Crippen LogP contribution is -2.58. The third-order valence-electron chi connectivity index (χ3n) is 8.25. The predicted octanol–water partition coefficient (Wildman–Crippen LogP) is 5.38. The molecule has 5 rings (SSSR count). The van der Waals surface area contributed by atoms with E-state index in [9.17, 15) is 23.5 Å². The van der Waals surface area contributed by atoms with Crippen LogP contribution in [-0.4, -0.2) is 40.0 Å². The number of aliphatic hydroxyl groups is 1. The molecular formula is C32H36F2N4O3. The first-order chi connectivity index (χ1) is 19.5. The van der Waals surface area contributed by atoms with Crippen molar-refractivity contribution in [2.24, 2.45) is 11.7 Å². The fourth-order valence-corrected chi connectivity index (χ4v) is 6.32. The van der Waals surface area contributed by atoms with E-state index in [2.05, 4.69) is 10.6 Å². The normalized spacial score (nSPS) is 25.8. The van der Waals surface area contributed by atoms with Crippen LogP contribution in [0.5, 0.6) is 0 Å². The van der Waals surface area contributed by atoms with Crippen LogP contribution >= 0.6 is 0 Å². The molecule has 2 aliphatic carbocycles. The van der Waals surface area contributed by atoms with Gasteiger partial charge in [0.05, 0.1) is 23.2 Å². The van der Waals surface area contributed by atoms with Crippen molar-refractivity contribution in [2.45, 2.75) is 75.5 Å². The van der Waals surface area contributed by atoms with Crippen molar-refractivity contribution in [1.29, 1.82) is 0 Å². The monoisotopic (exact) mass is 562 g/mol. The van der Waals surface area contributed by atoms with E-state index < -0.39 is 23.5 Å². The number of halogens is 2. The van der Waals surface area contributed by atoms with E-state index >= 15 is 0 Å². The highest BCUT2D eigenvalue weighted by Crippen LogP contribution is 2.46. The molecule has 9 heteroatoms. The van der Waals surface area contributed by atoms with Crippen molar-refractivity contribution in [3.05, 3.63) is 72.4 Å². The Morgan fingerprint density at radius 3 is 2.29 bits per heavy atom. The van der Waals surface area contributed by atoms with Gasteiger partial charge in [0.15, 0.2) is 0 Å². The van der Waals surface area contributed by atoms with Gasteiger partial charge in [0.25, 0.3) is 5.91 Å². The van der Waals surface area contributed by atoms with E-state index in [0.717, 1.165) is 27.9 Å². The molecular weight excluding hydrogens is 526 g/mol. The zero-order valence-electron chi connectivity index (χ0n) is 23.1. The average Bonchev–Trinajstić information content (AvgIpc) is 2.93. The number of benzene rings is 2. The first-order valence-electron chi connectivity index (χ1n) is 14.1. The van der Waals surface area contributed by atoms with Crippen LogP contribution < -0.4 is 16.4 Å². The molecule has 2 aliphatic rings. The van der Waals surface area contributed by atoms with Gasteiger partial charge < -0.3 is 21.5 Å². The van der Waals surface area contributed by atoms with Crippen molar-refractivity contribution in [3.8, 4) is 22.4 Å². The van der Waals surface area contributed by atoms with E-state index in [4.69, 9.17) is 10.7 Å². The highest BCUT2D eigenvalue weighted by atomic mass is 19.3. The number of pyridine rings is 1. The summed E-state index contributed by atoms with van der Waals surface area (Å²) in [6, 6.07) is 19.5. The molecule has 0 unspecified atom stereocenters. The first-order valence-corrected chi connectivity index (χ1v) is 14.1. The summed E-state index contributed by atoms with van der Waals surface area (Å²) < 4.78 is 25.0. The van der Waals surface area contributed by atoms with E-state index in [-0.39, 0.29) is 17.9 Å². The Labute approximate surface area is 238 Å². The van der Waals surface area contributed by atoms with E-state index in [1.54, 1.807) is 13.1 Å². The molecule has 0 saturated heterocycles. The van der Waals surface area contributed by atoms with Crippen LogP contribution in [-0.2, 0) is 15.1 Å². The topological polar surface area (TPSA) is 117 Å². The second-order valence-electron chi connectivity index (χ2n) is 11.8. The number of amides is 2. The van der Waals surface area contributed by atoms with Crippen LogP contribution in [0.15, 0.2) is 66.9 Å². The van der Waals surface area contributed by atoms with Crippen LogP contribution in [0.3, 0.4) is 0 Å². The maximum atomic E-state index is 12.9. The Bertz CT molecular complexity index is 1380. The molecule has 0 radical (unpaired) electrons. The second-order valence-corrected chi connectivity index (χ2v) is 11.8. The summed E-state index contributed by atoms with van der Waals surface area (Å²) in [5.41, 5.74) is 10.3. The standard InChI is InChI=1S/C32H36F2N4O3/c1-31(41)18-32(35,19-31)23-11-9-22(10-12-23)28-26(21-5-3-2-4-6-21)16-25(17-36-28)37-27(39)15-20-7-13-24(14-8-20)38-30(40)29(33)34/h2-6,9-12,16-17,20,24,29,41H,7-8,13-15,18-19,35H2,1H3,(H,37,39)(H,38,40)/t20-,24-,31?,32?. The van der Waals surface area contributed by atoms with Crippen LogP contribution in [0.4, 0.5) is 14.5 Å². The predicted molar refractivity (Wildman–Crippen MR) is 154 cm³/mol. The Morgan fingerprint density at radius 1 is 1.02 bits per heavy atom. The molecule has 2 saturated carbocycles. The van der Waals surface area contributed by atoms with Gasteiger partial charge in [0.2, 0.25) is 5.91 Å². The van der Waals surface area contributed by atoms with Crippen molar-refractivity contribution >= 4 is 17.5 Å². The molecule has 7 nitrogen and oxygen atoms in total. The Kier molecular flexibility index (Phi) is 8.20. The van der Waals surface area contributed by atoms with Crippen LogP contribution in [0, 0.1) is 5.92 Å². The molecule has 3 aromatic rings. The minimum absolute atomic E-state index is 0.124. The molecule has 2 amide bonds. The van der Waals surface area contributed by atoms with E-state index in [0.29, 0.717) is 50.6 Å². The third kappa shape index (κ3) is 6.80. The van der Waals surface area contributed by atoms with Gasteiger partial charge in [-0.3, -0.25) is 14.6 Å². The van der Waals surface area contributed by atoms with Crippen molar-refractivity contribution < 1.29 is 23.5 Å². The van der Waals surface area contributed by atoms with Gasteiger partial charge >= 0.3 is 6.43 Å². The zero-order chi connectivity index (χ0) is 29.2. The van der Waals surface area contributed by atoms with Crippen LogP contribution in [0.1, 0.15) is 57.4 Å². The number of carbonyl (C=O) groups excluding carboxylic acids is 2. The smallest absolute Gasteiger partial charge is 0.315 e. The minimum Gasteiger partial charge on any atom is -0.390 e. The number of hydrogen-bond acceptors (Lipinski definition) is 5. The lowest BCUT2D eigenvalue weighted by atomic mass is 9.63. The van der Waals surface area contributed by atoms with E-state index in [1.165, 1.54) is 0 Å². The quantitative estimate of drug-likeness (QED) is 0.294. The molecule has 2 aromatic carbocycles. The van der Waals surface area contributed by atoms with Gasteiger partial charge in [0, 0.05) is 29.1 Å². The molecule has 1 heterocycles. The number of hydrogen-bond donors (Lipinski definition) is 4. The third-order valence-corrected chi connectivity index (χ3v) is 8.25. The lowest BCUT2D eigenvalue weighted by molar-refractivity contribution is -0.132. The summed E-state index contributed by atoms with van der Waals surface area (Å²) in [4.78, 5) is 28.9. The number of alkyl halides is 2. The molecule has 2 fully saturated rings. The Hall–Kier alpha value is -3.69. The van der Waals surface area contributed by atoms with Crippen LogP contribution in [0.25, 0.3) is 22.4 Å². The fraction of sp³-hybridized carbons (Fsp3) is 0.406. The number of nitrogens with two attached hydrogens (primary N) is 1. The van der Waals surface area contributed by atoms with Crippen molar-refractivity contribution in [2.75, 3.05) is 5.32 Å². The first kappa shape index (κ1) is 28.8. The number of nitrogens with zero attached hydrogens (tertiary/aromatic N) is 1. The van der Waals surface area contributed by atoms with Crippen molar-refractivity contribution in [3.63, 3.8) is 0 Å². The lowest BCUT2D eigenvalue weighted by Gasteiger charge is -2.49. The van der Waals surface area contributed by atoms with Gasteiger partial charge in [0.1, 0.15) is 0 Å². The SMILES string of the molecule is CC1(O)CC(N)(c2ccc(-c3ncc(NC(=O)C[C@H]4CC[C@H](NC(=O)C(F)F)CC4)cc3-c3ccccc3)cc2)C1. The maximum Gasteiger partial charge on any atom is 0.315 e. The van der Waals surface area contributed by atoms with Gasteiger partial charge in [-0.25, -0.2) is 0 Å². The Balaban J connectivity index is 1.27. The number of anilines is 1. The number of carbonyl (C=O) groups is 2. The van der Waals surface area contributed by atoms with Gasteiger partial charge in [-0.1, -0.05) is 54.6 Å². The maximum absolute atomic E-state index is 12.9. The molecule has 5 N–H and O–H groups in total. The van der Waals surface area contributed by atoms with Gasteiger partial charge in [-0.15, -0.1) is 0 Å². The molecule has 0 spiro atoms. The Morgan fingerprint density at radius 2 is 1.68 bits per heavy atom. The summed E-state index contributed by atoms with van der Waals surface area (Å²) in [6.07, 6.45) is 2.50. The molecule has 41 heavy (non-hydrogen) atoms. The summed E-state index contributed by atoms with van der Waals surface area (Å²) in [7, 11) is 0. The van der Waals surface area contributed by atoms with E-state index in [1.807, 2.05) is 60.7 Å². The highest BCUT2D eigenvalue weighted by Gasteiger charge is 2.49. The minimum atomic E-state index is -3.01. The second kappa shape index (κ2) is 11.7. The van der Waals surface area contributed by atoms with Crippen LogP contribution in [0.2, 0.25) is 0 Å². The molecule has 1 aromatic heterocycles. The molecule has 0 bridgehead atoms. The average molecular weight is 563 g/mol. The zero-order valence-corrected chi connectivity index (χ0v) is 23.1. The highest BCUT2D eigenvalue weighted by molar-refractivity contribution is 5.93. The summed E-state index contributed by atoms with van der Waals surface area (Å²) in [5.74, 6) is -1.24. The van der Waals surface area contributed by atoms with Crippen molar-refractivity contribution in [1.82, 2.24) is 10.3 Å². The molecule has 0 atom stereocenters. The summed E-state index contributed by atoms with van der Waals surface area (Å²) >= 11 is 0. The van der Waals surface area contributed by atoms with Gasteiger partial charge in [-0.05, 0) is 68.6 Å². The summed E-state index contributed by atoms with van der Waals surface area (Å²) in [5, 5.41) is 15.5. The number of rotatable bonds is 8. The number of aromatic nitrogens is 1. The largest absolute Gasteiger partial charge is 0.390 e. The molecule has 0 aliphatic heterocycles.